The molecule has 14 atom stereocenters. The van der Waals surface area contributed by atoms with E-state index >= 15 is 0 Å². The summed E-state index contributed by atoms with van der Waals surface area (Å²) in [4.78, 5) is 10.2. The van der Waals surface area contributed by atoms with Crippen molar-refractivity contribution in [3.05, 3.63) is 22.2 Å². The van der Waals surface area contributed by atoms with E-state index in [4.69, 9.17) is 100 Å². The lowest BCUT2D eigenvalue weighted by atomic mass is 9.84. The second-order valence-corrected chi connectivity index (χ2v) is 20.0. The maximum atomic E-state index is 12.7. The Kier molecular flexibility index (Phi) is 20.5. The Morgan fingerprint density at radius 1 is 0.695 bits per heavy atom. The number of aliphatic hydroxyl groups is 7. The van der Waals surface area contributed by atoms with Gasteiger partial charge < -0.3 is 54.7 Å². The van der Waals surface area contributed by atoms with Crippen molar-refractivity contribution in [3.63, 3.8) is 0 Å². The second-order valence-electron chi connectivity index (χ2n) is 16.2. The topological polar surface area (TPSA) is 196 Å². The SMILES string of the molecule is CCCCCCCCCCCCCCCCCC(=O)O[C@H]1[C@H](O)[C@@H](CO)O[C@@]1(CO)O[C@H]1O[C@H](CO)[C@@H](O)[C@H](O)[C@H]1O.ClC1=C(Cl)C2(Cl)C3C(Cl)C=CC3C1(Cl)C2(Cl)Cl. The van der Waals surface area contributed by atoms with Crippen molar-refractivity contribution < 1.29 is 59.5 Å². The molecular formula is C40H61Cl7O12. The van der Waals surface area contributed by atoms with Gasteiger partial charge in [0.25, 0.3) is 0 Å². The molecule has 2 aliphatic heterocycles. The summed E-state index contributed by atoms with van der Waals surface area (Å²) < 4.78 is 20.5. The van der Waals surface area contributed by atoms with Crippen LogP contribution in [0.25, 0.3) is 0 Å². The predicted molar refractivity (Wildman–Crippen MR) is 228 cm³/mol. The molecule has 0 spiro atoms. The molecule has 2 bridgehead atoms. The summed E-state index contributed by atoms with van der Waals surface area (Å²) in [5.74, 6) is -3.38. The van der Waals surface area contributed by atoms with Crippen LogP contribution in [0.2, 0.25) is 0 Å². The summed E-state index contributed by atoms with van der Waals surface area (Å²) in [7, 11) is 0. The van der Waals surface area contributed by atoms with Crippen LogP contribution in [0.3, 0.4) is 0 Å². The molecule has 7 N–H and O–H groups in total. The summed E-state index contributed by atoms with van der Waals surface area (Å²) in [6.07, 6.45) is 8.87. The van der Waals surface area contributed by atoms with Gasteiger partial charge >= 0.3 is 5.97 Å². The minimum Gasteiger partial charge on any atom is -0.454 e. The molecule has 0 amide bonds. The number of ether oxygens (including phenoxy) is 4. The number of esters is 1. The summed E-state index contributed by atoms with van der Waals surface area (Å²) in [6.45, 7) is -0.127. The van der Waals surface area contributed by atoms with Gasteiger partial charge in [-0.15, -0.1) is 34.8 Å². The van der Waals surface area contributed by atoms with Crippen LogP contribution in [0.5, 0.6) is 0 Å². The summed E-state index contributed by atoms with van der Waals surface area (Å²) >= 11 is 44.5. The highest BCUT2D eigenvalue weighted by Crippen LogP contribution is 2.78. The molecule has 0 aromatic carbocycles. The number of fused-ring (bicyclic) bond motifs is 5. The van der Waals surface area contributed by atoms with Gasteiger partial charge in [0.2, 0.25) is 5.79 Å². The normalized spacial score (nSPS) is 39.4. The number of aliphatic hydroxyl groups excluding tert-OH is 7. The molecule has 19 heteroatoms. The van der Waals surface area contributed by atoms with Gasteiger partial charge in [0.05, 0.1) is 28.7 Å². The molecule has 59 heavy (non-hydrogen) atoms. The van der Waals surface area contributed by atoms with Gasteiger partial charge in [0.15, 0.2) is 16.7 Å². The molecule has 5 aliphatic rings. The molecule has 12 nitrogen and oxygen atoms in total. The molecule has 2 heterocycles. The molecule has 342 valence electrons. The summed E-state index contributed by atoms with van der Waals surface area (Å²) in [5.41, 5.74) is 0. The van der Waals surface area contributed by atoms with Crippen molar-refractivity contribution in [1.29, 1.82) is 0 Å². The van der Waals surface area contributed by atoms with Gasteiger partial charge in [0, 0.05) is 18.3 Å². The lowest BCUT2D eigenvalue weighted by Gasteiger charge is -2.43. The second kappa shape index (κ2) is 23.2. The number of halogens is 7. The van der Waals surface area contributed by atoms with Crippen molar-refractivity contribution in [3.8, 4) is 0 Å². The number of allylic oxidation sites excluding steroid dienone is 4. The first-order valence-electron chi connectivity index (χ1n) is 20.8. The maximum Gasteiger partial charge on any atom is 0.306 e. The lowest BCUT2D eigenvalue weighted by Crippen LogP contribution is -2.63. The quantitative estimate of drug-likeness (QED) is 0.0265. The number of carbonyl (C=O) groups excluding carboxylic acids is 1. The molecular weight excluding hydrogens is 921 g/mol. The maximum absolute atomic E-state index is 12.7. The standard InChI is InChI=1S/C30H56O12.C10H5Cl7/c1-2-3-4-5-6-7-8-9-10-11-12-13-14-15-16-17-23(34)40-28-25(36)22(19-32)41-30(28,20-33)42-29-27(38)26(37)24(35)21(18-31)39-29;11-4-2-1-3-5(4)9(15)7(13)6(12)8(3,14)10(9,16)17/h21-22,24-29,31-33,35-38H,2-20H2,1H3;1-5H/t21-,22-,24-,25-,26+,27-,28+,29-,30+;/m1./s1. The van der Waals surface area contributed by atoms with E-state index in [2.05, 4.69) is 6.92 Å². The Hall–Kier alpha value is 0.580. The zero-order valence-corrected chi connectivity index (χ0v) is 38.5. The third-order valence-electron chi connectivity index (χ3n) is 12.2. The molecule has 5 rings (SSSR count). The third kappa shape index (κ3) is 10.8. The van der Waals surface area contributed by atoms with Crippen LogP contribution < -0.4 is 0 Å². The number of hydrogen-bond donors (Lipinski definition) is 7. The zero-order valence-electron chi connectivity index (χ0n) is 33.3. The number of hydrogen-bond acceptors (Lipinski definition) is 12. The van der Waals surface area contributed by atoms with Crippen molar-refractivity contribution in [2.24, 2.45) is 11.8 Å². The molecule has 0 aromatic rings. The Bertz CT molecular complexity index is 1410. The molecule has 0 radical (unpaired) electrons. The van der Waals surface area contributed by atoms with Crippen molar-refractivity contribution >= 4 is 87.2 Å². The average Bonchev–Trinajstić information content (AvgIpc) is 3.81. The molecule has 5 unspecified atom stereocenters. The van der Waals surface area contributed by atoms with Crippen LogP contribution in [-0.4, -0.2) is 136 Å². The average molecular weight is 982 g/mol. The largest absolute Gasteiger partial charge is 0.454 e. The van der Waals surface area contributed by atoms with Crippen molar-refractivity contribution in [2.45, 2.75) is 184 Å². The lowest BCUT2D eigenvalue weighted by molar-refractivity contribution is -0.383. The van der Waals surface area contributed by atoms with Crippen LogP contribution in [0, 0.1) is 11.8 Å². The predicted octanol–water partition coefficient (Wildman–Crippen LogP) is 6.66. The minimum absolute atomic E-state index is 0.0623. The van der Waals surface area contributed by atoms with E-state index < -0.39 is 94.7 Å². The number of alkyl halides is 5. The van der Waals surface area contributed by atoms with Gasteiger partial charge in [-0.05, 0) is 6.42 Å². The third-order valence-corrected chi connectivity index (χ3v) is 16.9. The fourth-order valence-corrected chi connectivity index (χ4v) is 12.2. The minimum atomic E-state index is -2.24. The summed E-state index contributed by atoms with van der Waals surface area (Å²) in [6, 6.07) is 0. The van der Waals surface area contributed by atoms with Crippen LogP contribution in [0.1, 0.15) is 110 Å². The smallest absolute Gasteiger partial charge is 0.306 e. The Balaban J connectivity index is 0.000000370. The molecule has 3 aliphatic carbocycles. The first-order valence-corrected chi connectivity index (χ1v) is 23.5. The molecule has 3 fully saturated rings. The Morgan fingerprint density at radius 2 is 1.20 bits per heavy atom. The van der Waals surface area contributed by atoms with Gasteiger partial charge in [-0.3, -0.25) is 4.79 Å². The van der Waals surface area contributed by atoms with Crippen LogP contribution in [0.4, 0.5) is 0 Å². The number of carbonyl (C=O) groups is 1. The van der Waals surface area contributed by atoms with Crippen molar-refractivity contribution in [1.82, 2.24) is 0 Å². The van der Waals surface area contributed by atoms with Gasteiger partial charge in [-0.25, -0.2) is 0 Å². The Morgan fingerprint density at radius 3 is 1.71 bits per heavy atom. The van der Waals surface area contributed by atoms with Crippen molar-refractivity contribution in [2.75, 3.05) is 19.8 Å². The fourth-order valence-electron chi connectivity index (χ4n) is 8.70. The first kappa shape index (κ1) is 52.2. The fraction of sp³-hybridized carbons (Fsp3) is 0.875. The number of rotatable bonds is 22. The van der Waals surface area contributed by atoms with Gasteiger partial charge in [0.1, 0.15) is 53.0 Å². The van der Waals surface area contributed by atoms with E-state index in [0.717, 1.165) is 19.3 Å². The monoisotopic (exact) mass is 978 g/mol. The number of unbranched alkanes of at least 4 members (excludes halogenated alkanes) is 14. The Labute approximate surface area is 382 Å². The molecule has 0 aromatic heterocycles. The van der Waals surface area contributed by atoms with Gasteiger partial charge in [-0.2, -0.15) is 0 Å². The molecule has 2 saturated heterocycles. The van der Waals surface area contributed by atoms with Crippen LogP contribution in [0.15, 0.2) is 22.2 Å². The molecule has 1 saturated carbocycles. The van der Waals surface area contributed by atoms with E-state index in [0.29, 0.717) is 6.42 Å². The van der Waals surface area contributed by atoms with E-state index in [1.807, 2.05) is 12.2 Å². The van der Waals surface area contributed by atoms with Gasteiger partial charge in [-0.1, -0.05) is 155 Å². The highest BCUT2D eigenvalue weighted by Gasteiger charge is 2.83. The van der Waals surface area contributed by atoms with E-state index in [1.165, 1.54) is 70.6 Å². The van der Waals surface area contributed by atoms with E-state index in [9.17, 15) is 40.5 Å². The highest BCUT2D eigenvalue weighted by atomic mass is 35.5. The van der Waals surface area contributed by atoms with Crippen LogP contribution in [-0.2, 0) is 23.7 Å². The van der Waals surface area contributed by atoms with E-state index in [1.54, 1.807) is 0 Å². The van der Waals surface area contributed by atoms with Crippen LogP contribution >= 0.6 is 81.2 Å². The van der Waals surface area contributed by atoms with E-state index in [-0.39, 0.29) is 33.7 Å². The zero-order chi connectivity index (χ0) is 43.8. The first-order chi connectivity index (χ1) is 27.9. The summed E-state index contributed by atoms with van der Waals surface area (Å²) in [5, 5.41) is 70.5. The highest BCUT2D eigenvalue weighted by molar-refractivity contribution is 6.66.